The van der Waals surface area contributed by atoms with E-state index in [1.807, 2.05) is 0 Å². The lowest BCUT2D eigenvalue weighted by Gasteiger charge is -2.37. The summed E-state index contributed by atoms with van der Waals surface area (Å²) < 4.78 is 5.91. The van der Waals surface area contributed by atoms with Crippen LogP contribution in [0.2, 0.25) is 0 Å². The van der Waals surface area contributed by atoms with Gasteiger partial charge in [0.15, 0.2) is 0 Å². The summed E-state index contributed by atoms with van der Waals surface area (Å²) in [5.74, 6) is 0. The predicted molar refractivity (Wildman–Crippen MR) is 52.4 cm³/mol. The molecule has 0 amide bonds. The van der Waals surface area contributed by atoms with Gasteiger partial charge in [-0.2, -0.15) is 0 Å². The highest BCUT2D eigenvalue weighted by Crippen LogP contribution is 2.35. The van der Waals surface area contributed by atoms with Crippen LogP contribution in [0.1, 0.15) is 58.8 Å². The van der Waals surface area contributed by atoms with Crippen molar-refractivity contribution in [3.05, 3.63) is 0 Å². The number of ether oxygens (including phenoxy) is 1. The minimum Gasteiger partial charge on any atom is -0.375 e. The maximum absolute atomic E-state index is 5.91. The molecule has 0 heterocycles. The SMILES string of the molecule is CCCC1(OCC)CCCCC1. The van der Waals surface area contributed by atoms with Gasteiger partial charge < -0.3 is 4.74 Å². The standard InChI is InChI=1S/C11H22O/c1-3-8-11(12-4-2)9-6-5-7-10-11/h3-10H2,1-2H3. The van der Waals surface area contributed by atoms with Crippen LogP contribution in [-0.4, -0.2) is 12.2 Å². The molecule has 72 valence electrons. The second-order valence-electron chi connectivity index (χ2n) is 3.93. The largest absolute Gasteiger partial charge is 0.375 e. The minimum atomic E-state index is 0.280. The number of hydrogen-bond donors (Lipinski definition) is 0. The summed E-state index contributed by atoms with van der Waals surface area (Å²) in [5, 5.41) is 0. The Morgan fingerprint density at radius 3 is 2.25 bits per heavy atom. The summed E-state index contributed by atoms with van der Waals surface area (Å²) in [6.07, 6.45) is 9.29. The van der Waals surface area contributed by atoms with Crippen LogP contribution in [0, 0.1) is 0 Å². The van der Waals surface area contributed by atoms with Gasteiger partial charge in [-0.15, -0.1) is 0 Å². The van der Waals surface area contributed by atoms with Crippen molar-refractivity contribution in [1.82, 2.24) is 0 Å². The molecule has 0 aromatic heterocycles. The molecule has 1 saturated carbocycles. The fourth-order valence-electron chi connectivity index (χ4n) is 2.42. The molecule has 0 N–H and O–H groups in total. The zero-order chi connectivity index (χ0) is 8.86. The highest BCUT2D eigenvalue weighted by molar-refractivity contribution is 4.83. The number of rotatable bonds is 4. The predicted octanol–water partition coefficient (Wildman–Crippen LogP) is 3.53. The Morgan fingerprint density at radius 1 is 1.08 bits per heavy atom. The van der Waals surface area contributed by atoms with Crippen LogP contribution in [0.15, 0.2) is 0 Å². The first-order chi connectivity index (χ1) is 5.83. The maximum atomic E-state index is 5.91. The normalized spacial score (nSPS) is 22.5. The quantitative estimate of drug-likeness (QED) is 0.627. The maximum Gasteiger partial charge on any atom is 0.0682 e. The van der Waals surface area contributed by atoms with Crippen LogP contribution in [0.5, 0.6) is 0 Å². The van der Waals surface area contributed by atoms with E-state index in [2.05, 4.69) is 13.8 Å². The van der Waals surface area contributed by atoms with Gasteiger partial charge in [-0.3, -0.25) is 0 Å². The van der Waals surface area contributed by atoms with Crippen molar-refractivity contribution in [2.45, 2.75) is 64.4 Å². The fourth-order valence-corrected chi connectivity index (χ4v) is 2.42. The summed E-state index contributed by atoms with van der Waals surface area (Å²) in [6.45, 7) is 5.27. The second kappa shape index (κ2) is 4.86. The van der Waals surface area contributed by atoms with E-state index in [-0.39, 0.29) is 5.60 Å². The van der Waals surface area contributed by atoms with Gasteiger partial charge in [0, 0.05) is 6.61 Å². The van der Waals surface area contributed by atoms with Crippen LogP contribution >= 0.6 is 0 Å². The Morgan fingerprint density at radius 2 is 1.75 bits per heavy atom. The number of hydrogen-bond acceptors (Lipinski definition) is 1. The monoisotopic (exact) mass is 170 g/mol. The summed E-state index contributed by atoms with van der Waals surface area (Å²) in [4.78, 5) is 0. The third-order valence-corrected chi connectivity index (χ3v) is 2.92. The average molecular weight is 170 g/mol. The Kier molecular flexibility index (Phi) is 4.07. The molecule has 12 heavy (non-hydrogen) atoms. The van der Waals surface area contributed by atoms with Crippen LogP contribution < -0.4 is 0 Å². The molecule has 0 radical (unpaired) electrons. The third kappa shape index (κ3) is 2.48. The summed E-state index contributed by atoms with van der Waals surface area (Å²) in [7, 11) is 0. The molecule has 0 unspecified atom stereocenters. The molecule has 1 aliphatic carbocycles. The van der Waals surface area contributed by atoms with Gasteiger partial charge in [-0.25, -0.2) is 0 Å². The Hall–Kier alpha value is -0.0400. The van der Waals surface area contributed by atoms with Crippen molar-refractivity contribution < 1.29 is 4.74 Å². The first kappa shape index (κ1) is 10.0. The highest BCUT2D eigenvalue weighted by Gasteiger charge is 2.31. The molecular weight excluding hydrogens is 148 g/mol. The molecule has 0 saturated heterocycles. The van der Waals surface area contributed by atoms with Gasteiger partial charge in [0.25, 0.3) is 0 Å². The van der Waals surface area contributed by atoms with Gasteiger partial charge in [0.05, 0.1) is 5.60 Å². The average Bonchev–Trinajstić information content (AvgIpc) is 2.07. The van der Waals surface area contributed by atoms with Crippen LogP contribution in [-0.2, 0) is 4.74 Å². The molecular formula is C11H22O. The highest BCUT2D eigenvalue weighted by atomic mass is 16.5. The molecule has 1 heteroatoms. The van der Waals surface area contributed by atoms with E-state index in [9.17, 15) is 0 Å². The van der Waals surface area contributed by atoms with Crippen molar-refractivity contribution in [1.29, 1.82) is 0 Å². The van der Waals surface area contributed by atoms with Crippen molar-refractivity contribution in [2.24, 2.45) is 0 Å². The zero-order valence-electron chi connectivity index (χ0n) is 8.57. The molecule has 0 spiro atoms. The third-order valence-electron chi connectivity index (χ3n) is 2.92. The molecule has 1 nitrogen and oxygen atoms in total. The van der Waals surface area contributed by atoms with Gasteiger partial charge >= 0.3 is 0 Å². The van der Waals surface area contributed by atoms with Crippen LogP contribution in [0.25, 0.3) is 0 Å². The molecule has 0 aromatic rings. The van der Waals surface area contributed by atoms with Gasteiger partial charge in [0.2, 0.25) is 0 Å². The van der Waals surface area contributed by atoms with Gasteiger partial charge in [-0.05, 0) is 26.2 Å². The lowest BCUT2D eigenvalue weighted by atomic mass is 9.81. The van der Waals surface area contributed by atoms with Crippen molar-refractivity contribution in [3.8, 4) is 0 Å². The van der Waals surface area contributed by atoms with Crippen LogP contribution in [0.4, 0.5) is 0 Å². The van der Waals surface area contributed by atoms with E-state index < -0.39 is 0 Å². The van der Waals surface area contributed by atoms with Gasteiger partial charge in [0.1, 0.15) is 0 Å². The summed E-state index contributed by atoms with van der Waals surface area (Å²) in [6, 6.07) is 0. The summed E-state index contributed by atoms with van der Waals surface area (Å²) >= 11 is 0. The molecule has 1 fully saturated rings. The Bertz CT molecular complexity index is 98.7. The zero-order valence-corrected chi connectivity index (χ0v) is 8.57. The van der Waals surface area contributed by atoms with Crippen molar-refractivity contribution >= 4 is 0 Å². The Labute approximate surface area is 76.5 Å². The molecule has 0 aromatic carbocycles. The van der Waals surface area contributed by atoms with E-state index in [4.69, 9.17) is 4.74 Å². The van der Waals surface area contributed by atoms with Crippen LogP contribution in [0.3, 0.4) is 0 Å². The first-order valence-electron chi connectivity index (χ1n) is 5.47. The molecule has 1 aliphatic rings. The minimum absolute atomic E-state index is 0.280. The summed E-state index contributed by atoms with van der Waals surface area (Å²) in [5.41, 5.74) is 0.280. The second-order valence-corrected chi connectivity index (χ2v) is 3.93. The Balaban J connectivity index is 2.44. The van der Waals surface area contributed by atoms with E-state index in [0.29, 0.717) is 0 Å². The molecule has 0 atom stereocenters. The van der Waals surface area contributed by atoms with E-state index >= 15 is 0 Å². The van der Waals surface area contributed by atoms with Gasteiger partial charge in [-0.1, -0.05) is 32.6 Å². The van der Waals surface area contributed by atoms with E-state index in [1.165, 1.54) is 44.9 Å². The van der Waals surface area contributed by atoms with E-state index in [0.717, 1.165) is 6.61 Å². The fraction of sp³-hybridized carbons (Fsp3) is 1.00. The smallest absolute Gasteiger partial charge is 0.0682 e. The van der Waals surface area contributed by atoms with Crippen molar-refractivity contribution in [3.63, 3.8) is 0 Å². The molecule has 0 aliphatic heterocycles. The molecule has 0 bridgehead atoms. The topological polar surface area (TPSA) is 9.23 Å². The lowest BCUT2D eigenvalue weighted by molar-refractivity contribution is -0.0705. The lowest BCUT2D eigenvalue weighted by Crippen LogP contribution is -2.34. The molecule has 1 rings (SSSR count). The first-order valence-corrected chi connectivity index (χ1v) is 5.47. The van der Waals surface area contributed by atoms with Crippen molar-refractivity contribution in [2.75, 3.05) is 6.61 Å². The van der Waals surface area contributed by atoms with E-state index in [1.54, 1.807) is 0 Å².